The van der Waals surface area contributed by atoms with Gasteiger partial charge in [-0.05, 0) is 38.5 Å². The van der Waals surface area contributed by atoms with Crippen LogP contribution < -0.4 is 4.90 Å². The Morgan fingerprint density at radius 1 is 1.19 bits per heavy atom. The van der Waals surface area contributed by atoms with Gasteiger partial charge in [0.1, 0.15) is 16.8 Å². The Hall–Kier alpha value is -0.830. The lowest BCUT2D eigenvalue weighted by Crippen LogP contribution is -2.36. The van der Waals surface area contributed by atoms with E-state index in [-0.39, 0.29) is 0 Å². The molecule has 0 spiro atoms. The number of hydrogen-bond donors (Lipinski definition) is 0. The Bertz CT molecular complexity index is 479. The summed E-state index contributed by atoms with van der Waals surface area (Å²) in [5.74, 6) is 3.07. The van der Waals surface area contributed by atoms with Crippen LogP contribution in [0.4, 0.5) is 5.82 Å². The van der Waals surface area contributed by atoms with Crippen LogP contribution in [0.1, 0.15) is 70.2 Å². The minimum absolute atomic E-state index is 0.297. The standard InChI is InChI=1S/C17H28ClN3/c1-6-13-7-9-14(10-8-13)21(5)17-12(4)15(18)19-16(20-17)11(2)3/h11,13-14H,6-10H2,1-5H3. The van der Waals surface area contributed by atoms with Gasteiger partial charge in [-0.25, -0.2) is 9.97 Å². The first-order valence-electron chi connectivity index (χ1n) is 8.20. The van der Waals surface area contributed by atoms with Gasteiger partial charge in [0, 0.05) is 24.6 Å². The van der Waals surface area contributed by atoms with Crippen molar-refractivity contribution in [2.45, 2.75) is 71.8 Å². The van der Waals surface area contributed by atoms with Gasteiger partial charge in [0.05, 0.1) is 0 Å². The monoisotopic (exact) mass is 309 g/mol. The Balaban J connectivity index is 2.20. The van der Waals surface area contributed by atoms with Crippen LogP contribution in [0, 0.1) is 12.8 Å². The van der Waals surface area contributed by atoms with Crippen molar-refractivity contribution in [3.05, 3.63) is 16.5 Å². The zero-order valence-electron chi connectivity index (χ0n) is 14.0. The molecular weight excluding hydrogens is 282 g/mol. The summed E-state index contributed by atoms with van der Waals surface area (Å²) in [6.45, 7) is 8.54. The molecule has 1 fully saturated rings. The van der Waals surface area contributed by atoms with E-state index in [1.165, 1.54) is 32.1 Å². The van der Waals surface area contributed by atoms with Crippen LogP contribution in [-0.4, -0.2) is 23.1 Å². The van der Waals surface area contributed by atoms with Crippen molar-refractivity contribution in [3.8, 4) is 0 Å². The highest BCUT2D eigenvalue weighted by Crippen LogP contribution is 2.33. The number of rotatable bonds is 4. The van der Waals surface area contributed by atoms with Crippen LogP contribution in [0.5, 0.6) is 0 Å². The number of nitrogens with zero attached hydrogens (tertiary/aromatic N) is 3. The number of hydrogen-bond acceptors (Lipinski definition) is 3. The maximum Gasteiger partial charge on any atom is 0.137 e. The molecule has 4 heteroatoms. The van der Waals surface area contributed by atoms with Crippen molar-refractivity contribution in [1.29, 1.82) is 0 Å². The summed E-state index contributed by atoms with van der Waals surface area (Å²) < 4.78 is 0. The molecule has 0 saturated heterocycles. The Morgan fingerprint density at radius 2 is 1.81 bits per heavy atom. The van der Waals surface area contributed by atoms with E-state index in [0.29, 0.717) is 17.1 Å². The van der Waals surface area contributed by atoms with E-state index in [2.05, 4.69) is 37.7 Å². The first kappa shape index (κ1) is 16.5. The minimum Gasteiger partial charge on any atom is -0.356 e. The molecule has 1 aliphatic carbocycles. The van der Waals surface area contributed by atoms with E-state index in [1.54, 1.807) is 0 Å². The number of halogens is 1. The molecule has 0 aliphatic heterocycles. The Kier molecular flexibility index (Phi) is 5.48. The topological polar surface area (TPSA) is 29.0 Å². The van der Waals surface area contributed by atoms with Crippen LogP contribution in [0.25, 0.3) is 0 Å². The average molecular weight is 310 g/mol. The molecule has 0 aromatic carbocycles. The van der Waals surface area contributed by atoms with Crippen LogP contribution in [0.15, 0.2) is 0 Å². The smallest absolute Gasteiger partial charge is 0.137 e. The summed E-state index contributed by atoms with van der Waals surface area (Å²) in [6.07, 6.45) is 6.49. The van der Waals surface area contributed by atoms with Crippen molar-refractivity contribution in [2.75, 3.05) is 11.9 Å². The molecule has 1 aromatic rings. The van der Waals surface area contributed by atoms with Crippen LogP contribution in [-0.2, 0) is 0 Å². The maximum absolute atomic E-state index is 6.31. The lowest BCUT2D eigenvalue weighted by atomic mass is 9.84. The molecule has 1 aliphatic rings. The summed E-state index contributed by atoms with van der Waals surface area (Å²) in [6, 6.07) is 0.581. The van der Waals surface area contributed by atoms with Crippen molar-refractivity contribution < 1.29 is 0 Å². The first-order chi connectivity index (χ1) is 9.93. The fourth-order valence-electron chi connectivity index (χ4n) is 3.21. The molecule has 118 valence electrons. The van der Waals surface area contributed by atoms with Gasteiger partial charge in [0.2, 0.25) is 0 Å². The summed E-state index contributed by atoms with van der Waals surface area (Å²) in [5, 5.41) is 0.595. The van der Waals surface area contributed by atoms with Crippen molar-refractivity contribution in [3.63, 3.8) is 0 Å². The molecule has 1 heterocycles. The van der Waals surface area contributed by atoms with Gasteiger partial charge in [-0.2, -0.15) is 0 Å². The van der Waals surface area contributed by atoms with E-state index in [1.807, 2.05) is 6.92 Å². The zero-order chi connectivity index (χ0) is 15.6. The Morgan fingerprint density at radius 3 is 2.33 bits per heavy atom. The highest BCUT2D eigenvalue weighted by Gasteiger charge is 2.25. The summed E-state index contributed by atoms with van der Waals surface area (Å²) in [5.41, 5.74) is 1.00. The molecule has 0 N–H and O–H groups in total. The fraction of sp³-hybridized carbons (Fsp3) is 0.765. The third-order valence-corrected chi connectivity index (χ3v) is 5.24. The molecule has 1 aromatic heterocycles. The molecule has 3 nitrogen and oxygen atoms in total. The van der Waals surface area contributed by atoms with Crippen LogP contribution in [0.3, 0.4) is 0 Å². The van der Waals surface area contributed by atoms with Gasteiger partial charge in [-0.15, -0.1) is 0 Å². The fourth-order valence-corrected chi connectivity index (χ4v) is 3.38. The predicted molar refractivity (Wildman–Crippen MR) is 90.3 cm³/mol. The maximum atomic E-state index is 6.31. The predicted octanol–water partition coefficient (Wildman–Crippen LogP) is 4.97. The Labute approximate surface area is 134 Å². The van der Waals surface area contributed by atoms with Crippen LogP contribution in [0.2, 0.25) is 5.15 Å². The van der Waals surface area contributed by atoms with Gasteiger partial charge in [0.15, 0.2) is 0 Å². The number of anilines is 1. The summed E-state index contributed by atoms with van der Waals surface area (Å²) in [4.78, 5) is 11.5. The molecule has 0 radical (unpaired) electrons. The van der Waals surface area contributed by atoms with Gasteiger partial charge in [0.25, 0.3) is 0 Å². The van der Waals surface area contributed by atoms with E-state index in [9.17, 15) is 0 Å². The molecule has 0 bridgehead atoms. The second-order valence-corrected chi connectivity index (χ2v) is 7.03. The molecule has 1 saturated carbocycles. The zero-order valence-corrected chi connectivity index (χ0v) is 14.7. The molecule has 2 rings (SSSR count). The normalized spacial score (nSPS) is 22.6. The highest BCUT2D eigenvalue weighted by atomic mass is 35.5. The average Bonchev–Trinajstić information content (AvgIpc) is 2.49. The van der Waals surface area contributed by atoms with E-state index >= 15 is 0 Å². The molecular formula is C17H28ClN3. The van der Waals surface area contributed by atoms with Gasteiger partial charge < -0.3 is 4.90 Å². The molecule has 0 unspecified atom stereocenters. The van der Waals surface area contributed by atoms with Crippen molar-refractivity contribution >= 4 is 17.4 Å². The molecule has 0 amide bonds. The van der Waals surface area contributed by atoms with E-state index < -0.39 is 0 Å². The minimum atomic E-state index is 0.297. The van der Waals surface area contributed by atoms with Crippen molar-refractivity contribution in [1.82, 2.24) is 9.97 Å². The van der Waals surface area contributed by atoms with Gasteiger partial charge >= 0.3 is 0 Å². The second-order valence-electron chi connectivity index (χ2n) is 6.67. The first-order valence-corrected chi connectivity index (χ1v) is 8.58. The highest BCUT2D eigenvalue weighted by molar-refractivity contribution is 6.30. The summed E-state index contributed by atoms with van der Waals surface area (Å²) in [7, 11) is 2.16. The number of aromatic nitrogens is 2. The lowest BCUT2D eigenvalue weighted by molar-refractivity contribution is 0.312. The molecule has 0 atom stereocenters. The van der Waals surface area contributed by atoms with Gasteiger partial charge in [-0.1, -0.05) is 38.8 Å². The summed E-state index contributed by atoms with van der Waals surface area (Å²) >= 11 is 6.31. The largest absolute Gasteiger partial charge is 0.356 e. The second kappa shape index (κ2) is 6.95. The van der Waals surface area contributed by atoms with E-state index in [4.69, 9.17) is 16.6 Å². The van der Waals surface area contributed by atoms with Crippen molar-refractivity contribution in [2.24, 2.45) is 5.92 Å². The third kappa shape index (κ3) is 3.68. The lowest BCUT2D eigenvalue weighted by Gasteiger charge is -2.36. The third-order valence-electron chi connectivity index (χ3n) is 4.87. The SMILES string of the molecule is CCC1CCC(N(C)c2nc(C(C)C)nc(Cl)c2C)CC1. The van der Waals surface area contributed by atoms with Crippen LogP contribution >= 0.6 is 11.6 Å². The van der Waals surface area contributed by atoms with Gasteiger partial charge in [-0.3, -0.25) is 0 Å². The van der Waals surface area contributed by atoms with E-state index in [0.717, 1.165) is 23.1 Å². The molecule has 21 heavy (non-hydrogen) atoms. The quantitative estimate of drug-likeness (QED) is 0.735.